The summed E-state index contributed by atoms with van der Waals surface area (Å²) in [5, 5.41) is 2.13. The fourth-order valence-electron chi connectivity index (χ4n) is 0.887. The lowest BCUT2D eigenvalue weighted by Gasteiger charge is -2.13. The number of amides is 2. The molecule has 1 saturated heterocycles. The summed E-state index contributed by atoms with van der Waals surface area (Å²) in [5.74, 6) is -0.723. The number of rotatable bonds is 2. The SMILES string of the molecule is C=CC(=O)N1CCN(C(=O)C=C)O1. The number of carbonyl (C=O) groups excluding carboxylic acids is 2. The van der Waals surface area contributed by atoms with Crippen molar-refractivity contribution in [2.45, 2.75) is 0 Å². The van der Waals surface area contributed by atoms with E-state index in [0.29, 0.717) is 13.1 Å². The molecule has 0 spiro atoms. The normalized spacial score (nSPS) is 15.7. The highest BCUT2D eigenvalue weighted by molar-refractivity contribution is 5.88. The van der Waals surface area contributed by atoms with Crippen LogP contribution in [0.4, 0.5) is 0 Å². The van der Waals surface area contributed by atoms with Crippen LogP contribution in [0.3, 0.4) is 0 Å². The first-order chi connectivity index (χ1) is 6.19. The van der Waals surface area contributed by atoms with Crippen LogP contribution in [-0.2, 0) is 14.5 Å². The molecule has 0 aliphatic carbocycles. The zero-order valence-corrected chi connectivity index (χ0v) is 7.10. The monoisotopic (exact) mass is 182 g/mol. The summed E-state index contributed by atoms with van der Waals surface area (Å²) in [4.78, 5) is 26.9. The van der Waals surface area contributed by atoms with Crippen molar-refractivity contribution < 1.29 is 14.5 Å². The Morgan fingerprint density at radius 3 is 1.77 bits per heavy atom. The lowest BCUT2D eigenvalue weighted by atomic mass is 10.5. The number of hydrogen-bond donors (Lipinski definition) is 0. The van der Waals surface area contributed by atoms with Gasteiger partial charge < -0.3 is 0 Å². The van der Waals surface area contributed by atoms with Gasteiger partial charge in [-0.05, 0) is 12.2 Å². The van der Waals surface area contributed by atoms with Crippen LogP contribution in [0.1, 0.15) is 0 Å². The van der Waals surface area contributed by atoms with Crippen molar-refractivity contribution in [1.82, 2.24) is 10.1 Å². The second-order valence-corrected chi connectivity index (χ2v) is 2.37. The van der Waals surface area contributed by atoms with E-state index in [1.165, 1.54) is 0 Å². The highest BCUT2D eigenvalue weighted by Gasteiger charge is 2.26. The third-order valence-corrected chi connectivity index (χ3v) is 1.54. The van der Waals surface area contributed by atoms with Crippen LogP contribution in [-0.4, -0.2) is 35.0 Å². The van der Waals surface area contributed by atoms with Crippen molar-refractivity contribution in [1.29, 1.82) is 0 Å². The molecule has 1 aliphatic rings. The zero-order chi connectivity index (χ0) is 9.84. The first kappa shape index (κ1) is 9.47. The number of nitrogens with zero attached hydrogens (tertiary/aromatic N) is 2. The van der Waals surface area contributed by atoms with Gasteiger partial charge in [-0.2, -0.15) is 10.1 Å². The van der Waals surface area contributed by atoms with Crippen molar-refractivity contribution in [2.75, 3.05) is 13.1 Å². The Morgan fingerprint density at radius 1 is 1.08 bits per heavy atom. The summed E-state index contributed by atoms with van der Waals surface area (Å²) >= 11 is 0. The Bertz CT molecular complexity index is 236. The van der Waals surface area contributed by atoms with Crippen LogP contribution < -0.4 is 0 Å². The molecule has 0 bridgehead atoms. The lowest BCUT2D eigenvalue weighted by Crippen LogP contribution is -2.29. The first-order valence-corrected chi connectivity index (χ1v) is 3.75. The van der Waals surface area contributed by atoms with Crippen molar-refractivity contribution in [3.63, 3.8) is 0 Å². The highest BCUT2D eigenvalue weighted by Crippen LogP contribution is 2.07. The summed E-state index contributed by atoms with van der Waals surface area (Å²) in [5.41, 5.74) is 0. The van der Waals surface area contributed by atoms with E-state index in [-0.39, 0.29) is 11.8 Å². The fraction of sp³-hybridized carbons (Fsp3) is 0.250. The van der Waals surface area contributed by atoms with Gasteiger partial charge in [0.25, 0.3) is 11.8 Å². The van der Waals surface area contributed by atoms with Gasteiger partial charge in [-0.3, -0.25) is 9.59 Å². The van der Waals surface area contributed by atoms with Gasteiger partial charge in [0.05, 0.1) is 13.1 Å². The zero-order valence-electron chi connectivity index (χ0n) is 7.10. The fourth-order valence-corrected chi connectivity index (χ4v) is 0.887. The highest BCUT2D eigenvalue weighted by atomic mass is 16.9. The largest absolute Gasteiger partial charge is 0.271 e. The Hall–Kier alpha value is -1.62. The molecule has 0 aromatic rings. The van der Waals surface area contributed by atoms with Crippen molar-refractivity contribution in [2.24, 2.45) is 0 Å². The maximum absolute atomic E-state index is 11.0. The third kappa shape index (κ3) is 1.94. The van der Waals surface area contributed by atoms with Crippen LogP contribution in [0.25, 0.3) is 0 Å². The Kier molecular flexibility index (Phi) is 2.81. The molecule has 13 heavy (non-hydrogen) atoms. The Morgan fingerprint density at radius 2 is 1.46 bits per heavy atom. The van der Waals surface area contributed by atoms with Crippen LogP contribution >= 0.6 is 0 Å². The molecule has 70 valence electrons. The summed E-state index contributed by atoms with van der Waals surface area (Å²) in [6.45, 7) is 7.30. The smallest absolute Gasteiger partial charge is 0.267 e. The van der Waals surface area contributed by atoms with Crippen molar-refractivity contribution in [3.8, 4) is 0 Å². The maximum atomic E-state index is 11.0. The predicted molar refractivity (Wildman–Crippen MR) is 44.9 cm³/mol. The molecule has 1 aliphatic heterocycles. The molecule has 5 heteroatoms. The molecule has 1 heterocycles. The predicted octanol–water partition coefficient (Wildman–Crippen LogP) is -0.124. The average molecular weight is 182 g/mol. The van der Waals surface area contributed by atoms with Gasteiger partial charge in [0.1, 0.15) is 0 Å². The molecule has 0 N–H and O–H groups in total. The van der Waals surface area contributed by atoms with E-state index in [1.54, 1.807) is 0 Å². The Labute approximate surface area is 75.8 Å². The van der Waals surface area contributed by atoms with E-state index in [0.717, 1.165) is 22.3 Å². The second kappa shape index (κ2) is 3.86. The first-order valence-electron chi connectivity index (χ1n) is 3.75. The molecule has 0 radical (unpaired) electrons. The minimum atomic E-state index is -0.362. The van der Waals surface area contributed by atoms with Crippen molar-refractivity contribution >= 4 is 11.8 Å². The Balaban J connectivity index is 2.53. The van der Waals surface area contributed by atoms with Crippen molar-refractivity contribution in [3.05, 3.63) is 25.3 Å². The molecule has 0 unspecified atom stereocenters. The van der Waals surface area contributed by atoms with E-state index < -0.39 is 0 Å². The molecule has 1 rings (SSSR count). The standard InChI is InChI=1S/C8H10N2O3/c1-3-7(11)9-5-6-10(13-9)8(12)4-2/h3-4H,1-2,5-6H2. The van der Waals surface area contributed by atoms with Gasteiger partial charge >= 0.3 is 0 Å². The van der Waals surface area contributed by atoms with Gasteiger partial charge in [-0.1, -0.05) is 13.2 Å². The summed E-state index contributed by atoms with van der Waals surface area (Å²) in [6.07, 6.45) is 2.25. The maximum Gasteiger partial charge on any atom is 0.271 e. The molecular formula is C8H10N2O3. The van der Waals surface area contributed by atoms with Crippen LogP contribution in [0.15, 0.2) is 25.3 Å². The van der Waals surface area contributed by atoms with Crippen LogP contribution in [0, 0.1) is 0 Å². The number of hydroxylamine groups is 4. The molecule has 0 saturated carbocycles. The van der Waals surface area contributed by atoms with Gasteiger partial charge in [-0.15, -0.1) is 4.94 Å². The van der Waals surface area contributed by atoms with E-state index in [9.17, 15) is 9.59 Å². The summed E-state index contributed by atoms with van der Waals surface area (Å²) in [7, 11) is 0. The molecule has 1 fully saturated rings. The topological polar surface area (TPSA) is 49.9 Å². The molecule has 0 atom stereocenters. The minimum Gasteiger partial charge on any atom is -0.267 e. The minimum absolute atomic E-state index is 0.352. The second-order valence-electron chi connectivity index (χ2n) is 2.37. The van der Waals surface area contributed by atoms with Gasteiger partial charge in [0.2, 0.25) is 0 Å². The van der Waals surface area contributed by atoms with E-state index in [2.05, 4.69) is 13.2 Å². The summed E-state index contributed by atoms with van der Waals surface area (Å²) < 4.78 is 0. The van der Waals surface area contributed by atoms with E-state index in [1.807, 2.05) is 0 Å². The van der Waals surface area contributed by atoms with Crippen LogP contribution in [0.5, 0.6) is 0 Å². The average Bonchev–Trinajstić information content (AvgIpc) is 2.64. The van der Waals surface area contributed by atoms with Gasteiger partial charge in [0, 0.05) is 0 Å². The van der Waals surface area contributed by atoms with E-state index >= 15 is 0 Å². The molecule has 5 nitrogen and oxygen atoms in total. The molecule has 0 aromatic carbocycles. The molecule has 2 amide bonds. The quantitative estimate of drug-likeness (QED) is 0.559. The van der Waals surface area contributed by atoms with E-state index in [4.69, 9.17) is 4.94 Å². The molecule has 0 aromatic heterocycles. The molecular weight excluding hydrogens is 172 g/mol. The lowest BCUT2D eigenvalue weighted by molar-refractivity contribution is -0.247. The van der Waals surface area contributed by atoms with Gasteiger partial charge in [-0.25, -0.2) is 0 Å². The van der Waals surface area contributed by atoms with Gasteiger partial charge in [0.15, 0.2) is 0 Å². The number of hydrogen-bond acceptors (Lipinski definition) is 3. The van der Waals surface area contributed by atoms with Crippen LogP contribution in [0.2, 0.25) is 0 Å². The third-order valence-electron chi connectivity index (χ3n) is 1.54. The summed E-state index contributed by atoms with van der Waals surface area (Å²) in [6, 6.07) is 0. The number of carbonyl (C=O) groups is 2.